The molecule has 0 fully saturated rings. The first kappa shape index (κ1) is 17.5. The van der Waals surface area contributed by atoms with Crippen LogP contribution in [0.15, 0.2) is 42.9 Å². The summed E-state index contributed by atoms with van der Waals surface area (Å²) in [7, 11) is 0. The summed E-state index contributed by atoms with van der Waals surface area (Å²) in [5.41, 5.74) is 4.27. The van der Waals surface area contributed by atoms with Crippen LogP contribution in [0.25, 0.3) is 11.4 Å². The van der Waals surface area contributed by atoms with E-state index in [0.717, 1.165) is 16.8 Å². The first-order valence-corrected chi connectivity index (χ1v) is 8.95. The molecule has 1 N–H and O–H groups in total. The first-order valence-electron chi connectivity index (χ1n) is 8.57. The van der Waals surface area contributed by atoms with Crippen LogP contribution in [0.1, 0.15) is 40.0 Å². The number of fused-ring (bicyclic) bond motifs is 1. The zero-order valence-corrected chi connectivity index (χ0v) is 15.3. The predicted molar refractivity (Wildman–Crippen MR) is 100 cm³/mol. The lowest BCUT2D eigenvalue weighted by Gasteiger charge is -2.19. The average molecular weight is 383 g/mol. The lowest BCUT2D eigenvalue weighted by atomic mass is 9.94. The van der Waals surface area contributed by atoms with Crippen LogP contribution < -0.4 is 5.32 Å². The van der Waals surface area contributed by atoms with Gasteiger partial charge in [-0.15, -0.1) is 0 Å². The fraction of sp³-hybridized carbons (Fsp3) is 0.200. The van der Waals surface area contributed by atoms with Gasteiger partial charge in [-0.1, -0.05) is 18.5 Å². The van der Waals surface area contributed by atoms with Gasteiger partial charge in [0.05, 0.1) is 17.1 Å². The van der Waals surface area contributed by atoms with Gasteiger partial charge in [-0.2, -0.15) is 0 Å². The number of benzene rings is 1. The van der Waals surface area contributed by atoms with E-state index in [9.17, 15) is 9.18 Å². The lowest BCUT2D eigenvalue weighted by molar-refractivity contribution is 0.0946. The second-order valence-electron chi connectivity index (χ2n) is 6.44. The molecule has 0 saturated heterocycles. The minimum Gasteiger partial charge on any atom is -0.352 e. The highest BCUT2D eigenvalue weighted by molar-refractivity contribution is 6.30. The van der Waals surface area contributed by atoms with Crippen molar-refractivity contribution in [2.75, 3.05) is 6.54 Å². The van der Waals surface area contributed by atoms with Crippen molar-refractivity contribution < 1.29 is 9.18 Å². The Bertz CT molecular complexity index is 1020. The molecule has 0 bridgehead atoms. The standard InChI is InChI=1S/C20H16ClFN4O/c1-11(12-6-13(21)8-14(22)7-12)17-9-18(26-10-25-17)19-15-2-5-24-20(27)16(15)3-4-23-19/h3-4,6-11H,2,5H2,1H3,(H,24,27)/t11-/m0/s1. The molecule has 4 rings (SSSR count). The number of pyridine rings is 1. The van der Waals surface area contributed by atoms with E-state index in [1.165, 1.54) is 18.5 Å². The third kappa shape index (κ3) is 3.40. The molecule has 1 atom stereocenters. The van der Waals surface area contributed by atoms with Crippen molar-refractivity contribution >= 4 is 17.5 Å². The maximum Gasteiger partial charge on any atom is 0.251 e. The maximum atomic E-state index is 13.7. The molecule has 5 nitrogen and oxygen atoms in total. The fourth-order valence-electron chi connectivity index (χ4n) is 3.31. The molecule has 1 aliphatic rings. The molecule has 27 heavy (non-hydrogen) atoms. The molecule has 1 amide bonds. The van der Waals surface area contributed by atoms with Gasteiger partial charge in [0.25, 0.3) is 5.91 Å². The van der Waals surface area contributed by atoms with Gasteiger partial charge in [0.1, 0.15) is 12.1 Å². The van der Waals surface area contributed by atoms with E-state index in [0.29, 0.717) is 34.9 Å². The van der Waals surface area contributed by atoms with Crippen molar-refractivity contribution in [1.82, 2.24) is 20.3 Å². The van der Waals surface area contributed by atoms with Crippen LogP contribution in [0.4, 0.5) is 4.39 Å². The highest BCUT2D eigenvalue weighted by Gasteiger charge is 2.22. The number of hydrogen-bond acceptors (Lipinski definition) is 4. The van der Waals surface area contributed by atoms with E-state index in [-0.39, 0.29) is 17.6 Å². The molecule has 1 aromatic carbocycles. The topological polar surface area (TPSA) is 67.8 Å². The predicted octanol–water partition coefficient (Wildman–Crippen LogP) is 3.77. The van der Waals surface area contributed by atoms with Gasteiger partial charge in [0, 0.05) is 29.2 Å². The molecule has 3 heterocycles. The summed E-state index contributed by atoms with van der Waals surface area (Å²) in [5.74, 6) is -0.664. The smallest absolute Gasteiger partial charge is 0.251 e. The Kier molecular flexibility index (Phi) is 4.58. The molecule has 3 aromatic rings. The number of rotatable bonds is 3. The number of nitrogens with one attached hydrogen (secondary N) is 1. The van der Waals surface area contributed by atoms with Crippen molar-refractivity contribution in [2.45, 2.75) is 19.3 Å². The zero-order valence-electron chi connectivity index (χ0n) is 14.5. The number of amides is 1. The number of carbonyl (C=O) groups is 1. The van der Waals surface area contributed by atoms with E-state index in [4.69, 9.17) is 11.6 Å². The van der Waals surface area contributed by atoms with E-state index in [1.54, 1.807) is 18.3 Å². The molecule has 0 spiro atoms. The van der Waals surface area contributed by atoms with Crippen molar-refractivity contribution in [3.63, 3.8) is 0 Å². The van der Waals surface area contributed by atoms with Crippen LogP contribution in [-0.4, -0.2) is 27.4 Å². The molecular weight excluding hydrogens is 367 g/mol. The summed E-state index contributed by atoms with van der Waals surface area (Å²) >= 11 is 5.98. The van der Waals surface area contributed by atoms with Crippen LogP contribution in [0, 0.1) is 5.82 Å². The second kappa shape index (κ2) is 7.04. The van der Waals surface area contributed by atoms with E-state index >= 15 is 0 Å². The summed E-state index contributed by atoms with van der Waals surface area (Å²) in [6, 6.07) is 8.00. The van der Waals surface area contributed by atoms with Gasteiger partial charge >= 0.3 is 0 Å². The Balaban J connectivity index is 1.76. The third-order valence-electron chi connectivity index (χ3n) is 4.72. The Morgan fingerprint density at radius 2 is 2.04 bits per heavy atom. The second-order valence-corrected chi connectivity index (χ2v) is 6.88. The largest absolute Gasteiger partial charge is 0.352 e. The summed E-state index contributed by atoms with van der Waals surface area (Å²) in [6.07, 6.45) is 3.77. The van der Waals surface area contributed by atoms with Crippen LogP contribution in [-0.2, 0) is 6.42 Å². The summed E-state index contributed by atoms with van der Waals surface area (Å²) in [6.45, 7) is 2.50. The van der Waals surface area contributed by atoms with Gasteiger partial charge < -0.3 is 5.32 Å². The molecule has 0 unspecified atom stereocenters. The highest BCUT2D eigenvalue weighted by Crippen LogP contribution is 2.29. The number of halogens is 2. The van der Waals surface area contributed by atoms with Crippen molar-refractivity contribution in [1.29, 1.82) is 0 Å². The Hall–Kier alpha value is -2.86. The SMILES string of the molecule is C[C@@H](c1cc(F)cc(Cl)c1)c1cc(-c2nccc3c2CCNC3=O)ncn1. The fourth-order valence-corrected chi connectivity index (χ4v) is 3.54. The van der Waals surface area contributed by atoms with Crippen LogP contribution in [0.3, 0.4) is 0 Å². The molecule has 0 aliphatic carbocycles. The maximum absolute atomic E-state index is 13.7. The van der Waals surface area contributed by atoms with Gasteiger partial charge in [-0.25, -0.2) is 14.4 Å². The highest BCUT2D eigenvalue weighted by atomic mass is 35.5. The average Bonchev–Trinajstić information content (AvgIpc) is 2.67. The Labute approximate surface area is 160 Å². The van der Waals surface area contributed by atoms with Gasteiger partial charge in [0.2, 0.25) is 0 Å². The van der Waals surface area contributed by atoms with Crippen LogP contribution in [0.5, 0.6) is 0 Å². The molecule has 2 aromatic heterocycles. The van der Waals surface area contributed by atoms with Crippen molar-refractivity contribution in [3.8, 4) is 11.4 Å². The van der Waals surface area contributed by atoms with Gasteiger partial charge in [-0.05, 0) is 47.9 Å². The first-order chi connectivity index (χ1) is 13.0. The molecule has 0 saturated carbocycles. The van der Waals surface area contributed by atoms with E-state index in [2.05, 4.69) is 20.3 Å². The molecule has 7 heteroatoms. The number of hydrogen-bond donors (Lipinski definition) is 1. The van der Waals surface area contributed by atoms with Crippen LogP contribution in [0.2, 0.25) is 5.02 Å². The van der Waals surface area contributed by atoms with Crippen LogP contribution >= 0.6 is 11.6 Å². The quantitative estimate of drug-likeness (QED) is 0.748. The normalized spacial score (nSPS) is 14.4. The third-order valence-corrected chi connectivity index (χ3v) is 4.94. The molecular formula is C20H16ClFN4O. The number of carbonyl (C=O) groups excluding carboxylic acids is 1. The molecule has 0 radical (unpaired) electrons. The van der Waals surface area contributed by atoms with E-state index < -0.39 is 0 Å². The summed E-state index contributed by atoms with van der Waals surface area (Å²) < 4.78 is 13.7. The van der Waals surface area contributed by atoms with Crippen molar-refractivity contribution in [2.24, 2.45) is 0 Å². The summed E-state index contributed by atoms with van der Waals surface area (Å²) in [5, 5.41) is 3.17. The number of aromatic nitrogens is 3. The van der Waals surface area contributed by atoms with Gasteiger partial charge in [0.15, 0.2) is 0 Å². The lowest BCUT2D eigenvalue weighted by Crippen LogP contribution is -2.32. The molecule has 1 aliphatic heterocycles. The minimum atomic E-state index is -0.386. The Morgan fingerprint density at radius 3 is 2.85 bits per heavy atom. The molecule has 136 valence electrons. The monoisotopic (exact) mass is 382 g/mol. The zero-order chi connectivity index (χ0) is 19.0. The van der Waals surface area contributed by atoms with Gasteiger partial charge in [-0.3, -0.25) is 9.78 Å². The number of nitrogens with zero attached hydrogens (tertiary/aromatic N) is 3. The Morgan fingerprint density at radius 1 is 1.19 bits per heavy atom. The minimum absolute atomic E-state index is 0.100. The van der Waals surface area contributed by atoms with Crippen molar-refractivity contribution in [3.05, 3.63) is 76.1 Å². The summed E-state index contributed by atoms with van der Waals surface area (Å²) in [4.78, 5) is 25.2. The van der Waals surface area contributed by atoms with E-state index in [1.807, 2.05) is 13.0 Å².